The molecule has 0 fully saturated rings. The number of carbonyl (C=O) groups is 4. The van der Waals surface area contributed by atoms with Gasteiger partial charge in [0.05, 0.1) is 15.3 Å². The normalized spacial score (nSPS) is 11.7. The highest BCUT2D eigenvalue weighted by atomic mass is 35.5. The van der Waals surface area contributed by atoms with Gasteiger partial charge in [0.1, 0.15) is 5.70 Å². The highest BCUT2D eigenvalue weighted by molar-refractivity contribution is 8.00. The zero-order valence-corrected chi connectivity index (χ0v) is 25.1. The van der Waals surface area contributed by atoms with Crippen LogP contribution >= 0.6 is 35.0 Å². The molecule has 5 N–H and O–H groups in total. The Morgan fingerprint density at radius 3 is 2.19 bits per heavy atom. The van der Waals surface area contributed by atoms with Crippen LogP contribution in [0.1, 0.15) is 33.2 Å². The lowest BCUT2D eigenvalue weighted by atomic mass is 10.1. The number of rotatable bonds is 10. The molecule has 0 saturated heterocycles. The van der Waals surface area contributed by atoms with Crippen LogP contribution in [0.25, 0.3) is 6.08 Å². The van der Waals surface area contributed by atoms with Gasteiger partial charge in [-0.2, -0.15) is 0 Å². The van der Waals surface area contributed by atoms with E-state index >= 15 is 0 Å². The molecule has 8 nitrogen and oxygen atoms in total. The van der Waals surface area contributed by atoms with E-state index in [1.165, 1.54) is 30.0 Å². The number of amides is 4. The predicted molar refractivity (Wildman–Crippen MR) is 172 cm³/mol. The molecule has 0 aromatic heterocycles. The van der Waals surface area contributed by atoms with Crippen LogP contribution in [-0.2, 0) is 9.59 Å². The van der Waals surface area contributed by atoms with Crippen LogP contribution in [0.15, 0.2) is 108 Å². The van der Waals surface area contributed by atoms with Gasteiger partial charge in [0.2, 0.25) is 11.8 Å². The maximum absolute atomic E-state index is 13.4. The molecule has 11 heteroatoms. The second-order valence-electron chi connectivity index (χ2n) is 9.19. The number of benzene rings is 4. The fourth-order valence-corrected chi connectivity index (χ4v) is 5.08. The highest BCUT2D eigenvalue weighted by Crippen LogP contribution is 2.29. The number of hydrogen-bond acceptors (Lipinski definition) is 5. The van der Waals surface area contributed by atoms with E-state index in [0.29, 0.717) is 33.1 Å². The lowest BCUT2D eigenvalue weighted by Crippen LogP contribution is -2.30. The molecule has 0 aliphatic heterocycles. The molecule has 0 bridgehead atoms. The summed E-state index contributed by atoms with van der Waals surface area (Å²) in [7, 11) is 0. The molecule has 1 unspecified atom stereocenters. The maximum atomic E-state index is 13.4. The number of nitrogens with one attached hydrogen (secondary N) is 3. The molecule has 43 heavy (non-hydrogen) atoms. The molecule has 0 heterocycles. The van der Waals surface area contributed by atoms with Crippen LogP contribution in [0.4, 0.5) is 11.4 Å². The summed E-state index contributed by atoms with van der Waals surface area (Å²) in [5, 5.41) is 8.31. The second kappa shape index (κ2) is 14.6. The Labute approximate surface area is 262 Å². The van der Waals surface area contributed by atoms with Crippen molar-refractivity contribution in [1.29, 1.82) is 0 Å². The minimum atomic E-state index is -0.590. The number of nitrogens with two attached hydrogens (primary N) is 1. The zero-order valence-electron chi connectivity index (χ0n) is 22.8. The summed E-state index contributed by atoms with van der Waals surface area (Å²) in [6.45, 7) is 1.75. The minimum Gasteiger partial charge on any atom is -0.366 e. The predicted octanol–water partition coefficient (Wildman–Crippen LogP) is 6.62. The first-order valence-electron chi connectivity index (χ1n) is 12.9. The van der Waals surface area contributed by atoms with E-state index in [-0.39, 0.29) is 16.6 Å². The van der Waals surface area contributed by atoms with Crippen molar-refractivity contribution in [3.05, 3.63) is 129 Å². The summed E-state index contributed by atoms with van der Waals surface area (Å²) in [5.41, 5.74) is 7.34. The standard InChI is InChI=1S/C32H26Cl2N4O4S/c1-19(30(40)36-23-15-13-20(14-16-23)29(35)39)43-25-11-6-10-24(18-25)37-32(42)27(17-22-9-5-12-26(33)28(22)34)38-31(41)21-7-3-2-4-8-21/h2-19H,1H3,(H2,35,39)(H,36,40)(H,37,42)(H,38,41)/b27-17+. The Balaban J connectivity index is 1.48. The Hall–Kier alpha value is -4.57. The number of anilines is 2. The lowest BCUT2D eigenvalue weighted by Gasteiger charge is -2.14. The largest absolute Gasteiger partial charge is 0.366 e. The molecule has 4 aromatic rings. The number of halogens is 2. The first-order chi connectivity index (χ1) is 20.6. The SMILES string of the molecule is CC(Sc1cccc(NC(=O)/C(=C\c2cccc(Cl)c2Cl)NC(=O)c2ccccc2)c1)C(=O)Nc1ccc(C(N)=O)cc1. The monoisotopic (exact) mass is 632 g/mol. The van der Waals surface area contributed by atoms with Crippen molar-refractivity contribution in [3.8, 4) is 0 Å². The Bertz CT molecular complexity index is 1700. The summed E-state index contributed by atoms with van der Waals surface area (Å²) in [6, 6.07) is 26.7. The molecule has 4 rings (SSSR count). The molecule has 0 saturated carbocycles. The van der Waals surface area contributed by atoms with Gasteiger partial charge in [-0.3, -0.25) is 19.2 Å². The number of thioether (sulfide) groups is 1. The number of primary amides is 1. The van der Waals surface area contributed by atoms with Gasteiger partial charge in [0, 0.05) is 27.4 Å². The van der Waals surface area contributed by atoms with E-state index in [2.05, 4.69) is 16.0 Å². The van der Waals surface area contributed by atoms with Crippen LogP contribution in [0, 0.1) is 0 Å². The van der Waals surface area contributed by atoms with E-state index in [4.69, 9.17) is 28.9 Å². The van der Waals surface area contributed by atoms with Gasteiger partial charge in [0.15, 0.2) is 0 Å². The molecular formula is C32H26Cl2N4O4S. The molecule has 4 amide bonds. The van der Waals surface area contributed by atoms with Gasteiger partial charge in [0.25, 0.3) is 11.8 Å². The Morgan fingerprint density at radius 1 is 0.791 bits per heavy atom. The molecular weight excluding hydrogens is 607 g/mol. The fraction of sp³-hybridized carbons (Fsp3) is 0.0625. The number of hydrogen-bond donors (Lipinski definition) is 4. The van der Waals surface area contributed by atoms with Gasteiger partial charge >= 0.3 is 0 Å². The van der Waals surface area contributed by atoms with Crippen molar-refractivity contribution < 1.29 is 19.2 Å². The van der Waals surface area contributed by atoms with E-state index in [9.17, 15) is 19.2 Å². The quantitative estimate of drug-likeness (QED) is 0.115. The van der Waals surface area contributed by atoms with Crippen molar-refractivity contribution in [2.24, 2.45) is 5.73 Å². The Kier molecular flexibility index (Phi) is 10.6. The molecule has 0 aliphatic carbocycles. The van der Waals surface area contributed by atoms with Crippen molar-refractivity contribution in [2.45, 2.75) is 17.1 Å². The van der Waals surface area contributed by atoms with Crippen LogP contribution in [0.2, 0.25) is 10.0 Å². The summed E-state index contributed by atoms with van der Waals surface area (Å²) in [4.78, 5) is 51.1. The first-order valence-corrected chi connectivity index (χ1v) is 14.5. The zero-order chi connectivity index (χ0) is 30.9. The van der Waals surface area contributed by atoms with Gasteiger partial charge in [-0.25, -0.2) is 0 Å². The van der Waals surface area contributed by atoms with Crippen LogP contribution < -0.4 is 21.7 Å². The van der Waals surface area contributed by atoms with Crippen LogP contribution in [0.3, 0.4) is 0 Å². The van der Waals surface area contributed by atoms with Crippen LogP contribution in [0.5, 0.6) is 0 Å². The van der Waals surface area contributed by atoms with Crippen molar-refractivity contribution in [3.63, 3.8) is 0 Å². The third-order valence-electron chi connectivity index (χ3n) is 6.02. The van der Waals surface area contributed by atoms with E-state index < -0.39 is 23.0 Å². The average molecular weight is 634 g/mol. The smallest absolute Gasteiger partial charge is 0.272 e. The maximum Gasteiger partial charge on any atom is 0.272 e. The minimum absolute atomic E-state index is 0.0498. The molecule has 0 radical (unpaired) electrons. The van der Waals surface area contributed by atoms with E-state index in [1.54, 1.807) is 85.8 Å². The van der Waals surface area contributed by atoms with E-state index in [0.717, 1.165) is 4.90 Å². The van der Waals surface area contributed by atoms with Gasteiger partial charge in [-0.15, -0.1) is 11.8 Å². The van der Waals surface area contributed by atoms with Crippen molar-refractivity contribution in [1.82, 2.24) is 5.32 Å². The van der Waals surface area contributed by atoms with Gasteiger partial charge in [-0.1, -0.05) is 59.6 Å². The summed E-state index contributed by atoms with van der Waals surface area (Å²) >= 11 is 13.8. The summed E-state index contributed by atoms with van der Waals surface area (Å²) < 4.78 is 0. The summed E-state index contributed by atoms with van der Waals surface area (Å²) in [6.07, 6.45) is 1.45. The molecule has 1 atom stereocenters. The summed E-state index contributed by atoms with van der Waals surface area (Å²) in [5.74, 6) is -1.87. The van der Waals surface area contributed by atoms with Gasteiger partial charge < -0.3 is 21.7 Å². The van der Waals surface area contributed by atoms with Crippen LogP contribution in [-0.4, -0.2) is 28.9 Å². The highest BCUT2D eigenvalue weighted by Gasteiger charge is 2.18. The molecule has 4 aromatic carbocycles. The third-order valence-corrected chi connectivity index (χ3v) is 7.95. The third kappa shape index (κ3) is 8.71. The molecule has 0 aliphatic rings. The van der Waals surface area contributed by atoms with E-state index in [1.807, 2.05) is 6.07 Å². The lowest BCUT2D eigenvalue weighted by molar-refractivity contribution is -0.115. The molecule has 0 spiro atoms. The first kappa shape index (κ1) is 31.4. The fourth-order valence-electron chi connectivity index (χ4n) is 3.79. The molecule has 218 valence electrons. The van der Waals surface area contributed by atoms with Crippen molar-refractivity contribution >= 4 is 76.0 Å². The Morgan fingerprint density at radius 2 is 1.49 bits per heavy atom. The number of carbonyl (C=O) groups excluding carboxylic acids is 4. The van der Waals surface area contributed by atoms with Crippen molar-refractivity contribution in [2.75, 3.05) is 10.6 Å². The van der Waals surface area contributed by atoms with Gasteiger partial charge in [-0.05, 0) is 79.2 Å². The topological polar surface area (TPSA) is 130 Å². The average Bonchev–Trinajstić information content (AvgIpc) is 2.99. The second-order valence-corrected chi connectivity index (χ2v) is 11.4.